The van der Waals surface area contributed by atoms with Gasteiger partial charge in [-0.15, -0.1) is 0 Å². The number of methoxy groups -OCH3 is 1. The third-order valence-corrected chi connectivity index (χ3v) is 4.44. The number of ether oxygens (including phenoxy) is 2. The molecule has 0 amide bonds. The standard InChI is InChI=1S/C20H29N5O3/c1-5-6-7-15(11-26)9-23-19-17(10-24-20(21)25-19)28-12-16-14(3)18(27-4)13(2)8-22-16/h8-10,15,26H,5-7,11-12H2,1-4H3,(H2,21,24,25)/t15-/m1/s1. The van der Waals surface area contributed by atoms with Crippen LogP contribution in [0.3, 0.4) is 0 Å². The van der Waals surface area contributed by atoms with E-state index in [4.69, 9.17) is 15.2 Å². The van der Waals surface area contributed by atoms with Crippen LogP contribution in [0.5, 0.6) is 11.5 Å². The first-order valence-corrected chi connectivity index (χ1v) is 9.39. The van der Waals surface area contributed by atoms with Crippen molar-refractivity contribution in [2.24, 2.45) is 10.9 Å². The van der Waals surface area contributed by atoms with Gasteiger partial charge in [-0.2, -0.15) is 4.98 Å². The third kappa shape index (κ3) is 5.63. The van der Waals surface area contributed by atoms with E-state index in [1.54, 1.807) is 19.5 Å². The summed E-state index contributed by atoms with van der Waals surface area (Å²) < 4.78 is 11.3. The van der Waals surface area contributed by atoms with Crippen LogP contribution in [0.25, 0.3) is 0 Å². The maximum atomic E-state index is 9.51. The van der Waals surface area contributed by atoms with Gasteiger partial charge in [0, 0.05) is 29.5 Å². The summed E-state index contributed by atoms with van der Waals surface area (Å²) in [5.41, 5.74) is 8.34. The molecule has 152 valence electrons. The van der Waals surface area contributed by atoms with Crippen molar-refractivity contribution in [3.63, 3.8) is 0 Å². The van der Waals surface area contributed by atoms with Crippen LogP contribution in [0.2, 0.25) is 0 Å². The van der Waals surface area contributed by atoms with Crippen LogP contribution >= 0.6 is 0 Å². The number of aliphatic hydroxyl groups is 1. The summed E-state index contributed by atoms with van der Waals surface area (Å²) >= 11 is 0. The Morgan fingerprint density at radius 2 is 2.07 bits per heavy atom. The van der Waals surface area contributed by atoms with Crippen LogP contribution in [0.15, 0.2) is 17.4 Å². The van der Waals surface area contributed by atoms with Gasteiger partial charge in [0.2, 0.25) is 5.95 Å². The lowest BCUT2D eigenvalue weighted by molar-refractivity contribution is 0.255. The minimum absolute atomic E-state index is 0.0331. The Hall–Kier alpha value is -2.74. The van der Waals surface area contributed by atoms with E-state index in [0.29, 0.717) is 11.6 Å². The fraction of sp³-hybridized carbons (Fsp3) is 0.500. The molecule has 2 heterocycles. The fourth-order valence-electron chi connectivity index (χ4n) is 2.79. The lowest BCUT2D eigenvalue weighted by Crippen LogP contribution is -2.08. The lowest BCUT2D eigenvalue weighted by atomic mass is 10.1. The predicted octanol–water partition coefficient (Wildman–Crippen LogP) is 3.16. The molecule has 0 aliphatic heterocycles. The van der Waals surface area contributed by atoms with Gasteiger partial charge < -0.3 is 20.3 Å². The Morgan fingerprint density at radius 1 is 1.29 bits per heavy atom. The SMILES string of the molecule is CCCC[C@H](C=Nc1nc(N)ncc1OCc1ncc(C)c(OC)c1C)CO. The molecule has 0 radical (unpaired) electrons. The van der Waals surface area contributed by atoms with Crippen LogP contribution in [0, 0.1) is 19.8 Å². The summed E-state index contributed by atoms with van der Waals surface area (Å²) in [6.45, 7) is 6.25. The van der Waals surface area contributed by atoms with E-state index in [2.05, 4.69) is 26.9 Å². The van der Waals surface area contributed by atoms with E-state index in [9.17, 15) is 5.11 Å². The molecule has 0 spiro atoms. The van der Waals surface area contributed by atoms with Crippen LogP contribution in [-0.2, 0) is 6.61 Å². The largest absolute Gasteiger partial charge is 0.496 e. The van der Waals surface area contributed by atoms with Gasteiger partial charge in [-0.05, 0) is 20.3 Å². The lowest BCUT2D eigenvalue weighted by Gasteiger charge is -2.13. The van der Waals surface area contributed by atoms with Gasteiger partial charge in [0.05, 0.1) is 25.6 Å². The molecule has 2 rings (SSSR count). The number of aryl methyl sites for hydroxylation is 1. The molecule has 28 heavy (non-hydrogen) atoms. The number of hydrogen-bond acceptors (Lipinski definition) is 8. The van der Waals surface area contributed by atoms with Gasteiger partial charge in [0.25, 0.3) is 0 Å². The number of rotatable bonds is 10. The van der Waals surface area contributed by atoms with Crippen LogP contribution < -0.4 is 15.2 Å². The number of aliphatic hydroxyl groups excluding tert-OH is 1. The van der Waals surface area contributed by atoms with Crippen molar-refractivity contribution in [3.8, 4) is 11.5 Å². The van der Waals surface area contributed by atoms with E-state index >= 15 is 0 Å². The van der Waals surface area contributed by atoms with Crippen LogP contribution in [0.4, 0.5) is 11.8 Å². The minimum atomic E-state index is -0.0331. The van der Waals surface area contributed by atoms with Gasteiger partial charge in [-0.1, -0.05) is 19.8 Å². The van der Waals surface area contributed by atoms with E-state index in [1.807, 2.05) is 13.8 Å². The summed E-state index contributed by atoms with van der Waals surface area (Å²) in [6.07, 6.45) is 7.89. The number of nitrogens with two attached hydrogens (primary N) is 1. The highest BCUT2D eigenvalue weighted by atomic mass is 16.5. The van der Waals surface area contributed by atoms with Crippen molar-refractivity contribution in [2.45, 2.75) is 46.6 Å². The van der Waals surface area contributed by atoms with E-state index in [0.717, 1.165) is 41.8 Å². The normalized spacial score (nSPS) is 12.3. The van der Waals surface area contributed by atoms with Crippen LogP contribution in [-0.4, -0.2) is 40.0 Å². The predicted molar refractivity (Wildman–Crippen MR) is 109 cm³/mol. The van der Waals surface area contributed by atoms with Gasteiger partial charge in [-0.25, -0.2) is 9.98 Å². The molecular formula is C20H29N5O3. The zero-order valence-electron chi connectivity index (χ0n) is 17.0. The quantitative estimate of drug-likeness (QED) is 0.602. The Morgan fingerprint density at radius 3 is 2.75 bits per heavy atom. The number of nitrogen functional groups attached to an aromatic ring is 1. The topological polar surface area (TPSA) is 116 Å². The number of anilines is 1. The number of aromatic nitrogens is 3. The monoisotopic (exact) mass is 387 g/mol. The average Bonchev–Trinajstić information content (AvgIpc) is 2.69. The fourth-order valence-corrected chi connectivity index (χ4v) is 2.79. The van der Waals surface area contributed by atoms with Gasteiger partial charge in [0.15, 0.2) is 11.6 Å². The molecule has 0 saturated heterocycles. The minimum Gasteiger partial charge on any atom is -0.496 e. The highest BCUT2D eigenvalue weighted by Gasteiger charge is 2.13. The summed E-state index contributed by atoms with van der Waals surface area (Å²) in [7, 11) is 1.64. The molecular weight excluding hydrogens is 358 g/mol. The van der Waals surface area contributed by atoms with Gasteiger partial charge in [0.1, 0.15) is 12.4 Å². The average molecular weight is 387 g/mol. The second-order valence-corrected chi connectivity index (χ2v) is 6.61. The maximum absolute atomic E-state index is 9.51. The summed E-state index contributed by atoms with van der Waals surface area (Å²) in [5, 5.41) is 9.51. The van der Waals surface area contributed by atoms with Gasteiger partial charge in [-0.3, -0.25) is 4.98 Å². The van der Waals surface area contributed by atoms with Crippen molar-refractivity contribution in [2.75, 3.05) is 19.5 Å². The molecule has 3 N–H and O–H groups in total. The summed E-state index contributed by atoms with van der Waals surface area (Å²) in [6, 6.07) is 0. The number of pyridine rings is 1. The number of unbranched alkanes of at least 4 members (excludes halogenated alkanes) is 1. The first-order chi connectivity index (χ1) is 13.5. The van der Waals surface area contributed by atoms with Gasteiger partial charge >= 0.3 is 0 Å². The Bertz CT molecular complexity index is 811. The number of hydrogen-bond donors (Lipinski definition) is 2. The molecule has 1 atom stereocenters. The first kappa shape index (κ1) is 21.6. The Kier molecular flexibility index (Phi) is 8.13. The highest BCUT2D eigenvalue weighted by Crippen LogP contribution is 2.28. The zero-order valence-corrected chi connectivity index (χ0v) is 17.0. The van der Waals surface area contributed by atoms with Crippen molar-refractivity contribution in [1.29, 1.82) is 0 Å². The first-order valence-electron chi connectivity index (χ1n) is 9.39. The second-order valence-electron chi connectivity index (χ2n) is 6.61. The second kappa shape index (κ2) is 10.6. The van der Waals surface area contributed by atoms with E-state index in [1.165, 1.54) is 6.20 Å². The summed E-state index contributed by atoms with van der Waals surface area (Å²) in [5.74, 6) is 1.61. The molecule has 2 aromatic heterocycles. The van der Waals surface area contributed by atoms with Crippen molar-refractivity contribution in [3.05, 3.63) is 29.2 Å². The van der Waals surface area contributed by atoms with E-state index < -0.39 is 0 Å². The molecule has 2 aromatic rings. The molecule has 0 unspecified atom stereocenters. The van der Waals surface area contributed by atoms with E-state index in [-0.39, 0.29) is 25.1 Å². The summed E-state index contributed by atoms with van der Waals surface area (Å²) in [4.78, 5) is 17.0. The molecule has 8 nitrogen and oxygen atoms in total. The number of nitrogens with zero attached hydrogens (tertiary/aromatic N) is 4. The van der Waals surface area contributed by atoms with Crippen molar-refractivity contribution >= 4 is 18.0 Å². The molecule has 0 saturated carbocycles. The Labute approximate surface area is 165 Å². The molecule has 0 fully saturated rings. The van der Waals surface area contributed by atoms with Crippen molar-refractivity contribution in [1.82, 2.24) is 15.0 Å². The third-order valence-electron chi connectivity index (χ3n) is 4.44. The molecule has 0 aliphatic rings. The van der Waals surface area contributed by atoms with Crippen molar-refractivity contribution < 1.29 is 14.6 Å². The van der Waals surface area contributed by atoms with Crippen LogP contribution in [0.1, 0.15) is 43.0 Å². The zero-order chi connectivity index (χ0) is 20.5. The molecule has 0 bridgehead atoms. The maximum Gasteiger partial charge on any atom is 0.222 e. The smallest absolute Gasteiger partial charge is 0.222 e. The Balaban J connectivity index is 2.18. The molecule has 0 aromatic carbocycles. The molecule has 8 heteroatoms. The molecule has 0 aliphatic carbocycles. The number of aliphatic imine (C=N–C) groups is 1. The highest BCUT2D eigenvalue weighted by molar-refractivity contribution is 5.67.